The molecule has 11 heteroatoms. The molecule has 27 heavy (non-hydrogen) atoms. The highest BCUT2D eigenvalue weighted by Crippen LogP contribution is 2.18. The van der Waals surface area contributed by atoms with Gasteiger partial charge in [0.05, 0.1) is 23.4 Å². The minimum Gasteiger partial charge on any atom is -0.358 e. The summed E-state index contributed by atoms with van der Waals surface area (Å²) in [6.07, 6.45) is 1.48. The average molecular weight is 390 g/mol. The van der Waals surface area contributed by atoms with Crippen LogP contribution >= 0.6 is 11.6 Å². The maximum Gasteiger partial charge on any atom is 0.390 e. The van der Waals surface area contributed by atoms with Gasteiger partial charge in [-0.15, -0.1) is 5.10 Å². The van der Waals surface area contributed by atoms with E-state index in [1.165, 1.54) is 17.1 Å². The van der Waals surface area contributed by atoms with Gasteiger partial charge in [-0.3, -0.25) is 10.1 Å². The number of hydrogen-bond acceptors (Lipinski definition) is 6. The van der Waals surface area contributed by atoms with E-state index in [2.05, 4.69) is 20.5 Å². The molecule has 2 aromatic heterocycles. The molecule has 3 aromatic rings. The maximum absolute atomic E-state index is 12.4. The first-order valence-electron chi connectivity index (χ1n) is 7.99. The molecule has 0 bridgehead atoms. The Labute approximate surface area is 158 Å². The fourth-order valence-electron chi connectivity index (χ4n) is 2.51. The van der Waals surface area contributed by atoms with E-state index in [1.54, 1.807) is 24.6 Å². The Kier molecular flexibility index (Phi) is 5.17. The number of nitrogens with zero attached hydrogens (tertiary/aromatic N) is 6. The zero-order valence-corrected chi connectivity index (χ0v) is 15.3. The van der Waals surface area contributed by atoms with Crippen LogP contribution in [0.5, 0.6) is 0 Å². The van der Waals surface area contributed by atoms with Crippen molar-refractivity contribution in [2.45, 2.75) is 26.4 Å². The van der Waals surface area contributed by atoms with Gasteiger partial charge in [-0.05, 0) is 30.4 Å². The number of nitro groups is 1. The summed E-state index contributed by atoms with van der Waals surface area (Å²) < 4.78 is 2.83. The molecule has 1 N–H and O–H groups in total. The predicted octanol–water partition coefficient (Wildman–Crippen LogP) is 2.59. The van der Waals surface area contributed by atoms with E-state index < -0.39 is 16.9 Å². The van der Waals surface area contributed by atoms with E-state index in [1.807, 2.05) is 18.2 Å². The van der Waals surface area contributed by atoms with Crippen LogP contribution < -0.4 is 5.32 Å². The van der Waals surface area contributed by atoms with Gasteiger partial charge in [-0.2, -0.15) is 4.68 Å². The first-order valence-corrected chi connectivity index (χ1v) is 8.37. The molecule has 0 aliphatic rings. The molecule has 1 unspecified atom stereocenters. The first kappa shape index (κ1) is 18.5. The van der Waals surface area contributed by atoms with Crippen molar-refractivity contribution in [2.75, 3.05) is 5.32 Å². The lowest BCUT2D eigenvalue weighted by atomic mass is 10.2. The largest absolute Gasteiger partial charge is 0.390 e. The molecule has 0 fully saturated rings. The highest BCUT2D eigenvalue weighted by atomic mass is 35.5. The summed E-state index contributed by atoms with van der Waals surface area (Å²) in [5.74, 6) is -0.626. The second-order valence-electron chi connectivity index (χ2n) is 5.87. The predicted molar refractivity (Wildman–Crippen MR) is 97.5 cm³/mol. The Morgan fingerprint density at radius 3 is 2.78 bits per heavy atom. The van der Waals surface area contributed by atoms with Crippen molar-refractivity contribution in [1.82, 2.24) is 24.5 Å². The number of carbonyl (C=O) groups excluding carboxylic acids is 1. The van der Waals surface area contributed by atoms with Crippen molar-refractivity contribution < 1.29 is 9.72 Å². The van der Waals surface area contributed by atoms with Gasteiger partial charge >= 0.3 is 5.82 Å². The zero-order valence-electron chi connectivity index (χ0n) is 14.5. The van der Waals surface area contributed by atoms with Crippen LogP contribution in [0.4, 0.5) is 11.8 Å². The number of anilines is 1. The third-order valence-electron chi connectivity index (χ3n) is 3.90. The second kappa shape index (κ2) is 7.54. The molecule has 3 rings (SSSR count). The molecule has 0 aliphatic heterocycles. The Morgan fingerprint density at radius 1 is 1.37 bits per heavy atom. The summed E-state index contributed by atoms with van der Waals surface area (Å²) in [4.78, 5) is 26.7. The van der Waals surface area contributed by atoms with Crippen molar-refractivity contribution in [3.8, 4) is 0 Å². The minimum atomic E-state index is -0.769. The van der Waals surface area contributed by atoms with Crippen molar-refractivity contribution in [3.63, 3.8) is 0 Å². The van der Waals surface area contributed by atoms with Gasteiger partial charge in [0, 0.05) is 5.02 Å². The number of nitrogens with one attached hydrogen (secondary N) is 1. The summed E-state index contributed by atoms with van der Waals surface area (Å²) in [6.45, 7) is 3.63. The molecule has 1 aromatic carbocycles. The van der Waals surface area contributed by atoms with E-state index >= 15 is 0 Å². The lowest BCUT2D eigenvalue weighted by Crippen LogP contribution is -2.25. The lowest BCUT2D eigenvalue weighted by molar-refractivity contribution is -0.389. The molecular formula is C16H16ClN7O3. The number of carbonyl (C=O) groups is 1. The summed E-state index contributed by atoms with van der Waals surface area (Å²) in [5, 5.41) is 22.1. The third kappa shape index (κ3) is 4.11. The Bertz CT molecular complexity index is 998. The van der Waals surface area contributed by atoms with Crippen LogP contribution in [0.1, 0.15) is 24.2 Å². The molecule has 10 nitrogen and oxygen atoms in total. The molecule has 0 radical (unpaired) electrons. The monoisotopic (exact) mass is 389 g/mol. The maximum atomic E-state index is 12.4. The highest BCUT2D eigenvalue weighted by molar-refractivity contribution is 6.31. The van der Waals surface area contributed by atoms with Crippen LogP contribution in [0.2, 0.25) is 5.02 Å². The average Bonchev–Trinajstić information content (AvgIpc) is 3.23. The van der Waals surface area contributed by atoms with Gasteiger partial charge in [0.2, 0.25) is 5.95 Å². The van der Waals surface area contributed by atoms with Gasteiger partial charge in [0.15, 0.2) is 0 Å². The van der Waals surface area contributed by atoms with E-state index in [-0.39, 0.29) is 11.8 Å². The SMILES string of the molecule is Cc1cc([N+](=O)[O-])nn1C(C)C(=O)Nc1ncn(Cc2ccccc2Cl)n1. The summed E-state index contributed by atoms with van der Waals surface area (Å²) in [6, 6.07) is 7.90. The number of aromatic nitrogens is 5. The highest BCUT2D eigenvalue weighted by Gasteiger charge is 2.25. The molecular weight excluding hydrogens is 374 g/mol. The zero-order chi connectivity index (χ0) is 19.6. The van der Waals surface area contributed by atoms with Crippen LogP contribution in [-0.4, -0.2) is 35.4 Å². The molecule has 2 heterocycles. The number of halogens is 1. The van der Waals surface area contributed by atoms with E-state index in [0.717, 1.165) is 5.56 Å². The number of aryl methyl sites for hydroxylation is 1. The number of amides is 1. The fraction of sp³-hybridized carbons (Fsp3) is 0.250. The van der Waals surface area contributed by atoms with Gasteiger partial charge in [0.1, 0.15) is 12.4 Å². The van der Waals surface area contributed by atoms with Gasteiger partial charge in [0.25, 0.3) is 5.91 Å². The van der Waals surface area contributed by atoms with Gasteiger partial charge < -0.3 is 10.1 Å². The van der Waals surface area contributed by atoms with E-state index in [9.17, 15) is 14.9 Å². The normalized spacial score (nSPS) is 12.0. The molecule has 0 aliphatic carbocycles. The van der Waals surface area contributed by atoms with Crippen molar-refractivity contribution in [2.24, 2.45) is 0 Å². The van der Waals surface area contributed by atoms with Crippen molar-refractivity contribution in [1.29, 1.82) is 0 Å². The molecule has 0 saturated carbocycles. The number of benzene rings is 1. The summed E-state index contributed by atoms with van der Waals surface area (Å²) >= 11 is 6.12. The van der Waals surface area contributed by atoms with Crippen LogP contribution in [0, 0.1) is 17.0 Å². The molecule has 0 spiro atoms. The van der Waals surface area contributed by atoms with Crippen molar-refractivity contribution >= 4 is 29.3 Å². The Hall–Kier alpha value is -3.27. The smallest absolute Gasteiger partial charge is 0.358 e. The van der Waals surface area contributed by atoms with Crippen LogP contribution in [0.25, 0.3) is 0 Å². The Morgan fingerprint density at radius 2 is 2.11 bits per heavy atom. The molecule has 140 valence electrons. The summed E-state index contributed by atoms with van der Waals surface area (Å²) in [5.41, 5.74) is 1.37. The fourth-order valence-corrected chi connectivity index (χ4v) is 2.70. The van der Waals surface area contributed by atoms with Crippen LogP contribution in [0.3, 0.4) is 0 Å². The van der Waals surface area contributed by atoms with E-state index in [0.29, 0.717) is 17.3 Å². The second-order valence-corrected chi connectivity index (χ2v) is 6.28. The molecule has 0 saturated heterocycles. The molecule has 1 atom stereocenters. The number of hydrogen-bond donors (Lipinski definition) is 1. The van der Waals surface area contributed by atoms with Gasteiger partial charge in [-0.1, -0.05) is 29.8 Å². The standard InChI is InChI=1S/C16H16ClN7O3/c1-10-7-14(24(26)27)20-23(10)11(2)15(25)19-16-18-9-22(21-16)8-12-5-3-4-6-13(12)17/h3-7,9,11H,8H2,1-2H3,(H,19,21,25). The summed E-state index contributed by atoms with van der Waals surface area (Å²) in [7, 11) is 0. The third-order valence-corrected chi connectivity index (χ3v) is 4.27. The number of rotatable bonds is 6. The lowest BCUT2D eigenvalue weighted by Gasteiger charge is -2.09. The topological polar surface area (TPSA) is 121 Å². The Balaban J connectivity index is 1.69. The minimum absolute atomic E-state index is 0.123. The van der Waals surface area contributed by atoms with Crippen LogP contribution in [-0.2, 0) is 11.3 Å². The van der Waals surface area contributed by atoms with Gasteiger partial charge in [-0.25, -0.2) is 9.67 Å². The van der Waals surface area contributed by atoms with E-state index in [4.69, 9.17) is 11.6 Å². The van der Waals surface area contributed by atoms with Crippen molar-refractivity contribution in [3.05, 3.63) is 63.1 Å². The molecule has 1 amide bonds. The first-order chi connectivity index (χ1) is 12.8. The van der Waals surface area contributed by atoms with Crippen LogP contribution in [0.15, 0.2) is 36.7 Å². The quantitative estimate of drug-likeness (QED) is 0.511.